The van der Waals surface area contributed by atoms with E-state index in [9.17, 15) is 14.9 Å². The second kappa shape index (κ2) is 8.87. The maximum atomic E-state index is 12.4. The Kier molecular flexibility index (Phi) is 6.29. The van der Waals surface area contributed by atoms with Crippen LogP contribution in [0.25, 0.3) is 0 Å². The SMILES string of the molecule is COc1ccccc1CCC(=O)Nc1sc2c(c1C#N)CCN(C(=O)CO)C2. The number of carbonyl (C=O) groups is 2. The molecular weight excluding hydrogens is 378 g/mol. The number of para-hydroxylation sites is 1. The minimum atomic E-state index is -0.529. The number of nitrogens with zero attached hydrogens (tertiary/aromatic N) is 2. The van der Waals surface area contributed by atoms with Gasteiger partial charge in [-0.05, 0) is 30.0 Å². The van der Waals surface area contributed by atoms with E-state index in [1.165, 1.54) is 11.3 Å². The first-order chi connectivity index (χ1) is 13.6. The Bertz CT molecular complexity index is 932. The van der Waals surface area contributed by atoms with Crippen molar-refractivity contribution in [3.05, 3.63) is 45.8 Å². The molecule has 0 aliphatic carbocycles. The smallest absolute Gasteiger partial charge is 0.248 e. The summed E-state index contributed by atoms with van der Waals surface area (Å²) in [6, 6.07) is 9.73. The lowest BCUT2D eigenvalue weighted by Gasteiger charge is -2.26. The summed E-state index contributed by atoms with van der Waals surface area (Å²) < 4.78 is 5.30. The van der Waals surface area contributed by atoms with Crippen LogP contribution in [0.15, 0.2) is 24.3 Å². The standard InChI is InChI=1S/C20H21N3O4S/c1-27-16-5-3-2-4-13(16)6-7-18(25)22-20-15(10-21)14-8-9-23(19(26)12-24)11-17(14)28-20/h2-5,24H,6-9,11-12H2,1H3,(H,22,25). The number of rotatable bonds is 6. The molecule has 0 fully saturated rings. The molecule has 0 saturated carbocycles. The molecule has 2 aromatic rings. The third kappa shape index (κ3) is 4.16. The molecule has 1 aliphatic heterocycles. The maximum absolute atomic E-state index is 12.4. The number of fused-ring (bicyclic) bond motifs is 1. The van der Waals surface area contributed by atoms with Gasteiger partial charge in [0.1, 0.15) is 23.4 Å². The molecule has 0 radical (unpaired) electrons. The average Bonchev–Trinajstić information content (AvgIpc) is 3.07. The molecule has 7 nitrogen and oxygen atoms in total. The Labute approximate surface area is 167 Å². The number of nitriles is 1. The number of aliphatic hydroxyl groups is 1. The van der Waals surface area contributed by atoms with E-state index in [0.29, 0.717) is 36.5 Å². The van der Waals surface area contributed by atoms with Crippen LogP contribution in [0.4, 0.5) is 5.00 Å². The van der Waals surface area contributed by atoms with Gasteiger partial charge in [0, 0.05) is 17.8 Å². The number of hydrogen-bond donors (Lipinski definition) is 2. The van der Waals surface area contributed by atoms with Gasteiger partial charge in [-0.3, -0.25) is 9.59 Å². The summed E-state index contributed by atoms with van der Waals surface area (Å²) in [5.74, 6) is 0.234. The van der Waals surface area contributed by atoms with Crippen LogP contribution in [0.5, 0.6) is 5.75 Å². The number of thiophene rings is 1. The predicted molar refractivity (Wildman–Crippen MR) is 105 cm³/mol. The molecule has 0 unspecified atom stereocenters. The summed E-state index contributed by atoms with van der Waals surface area (Å²) in [4.78, 5) is 26.6. The first kappa shape index (κ1) is 19.9. The molecule has 0 saturated heterocycles. The zero-order valence-electron chi connectivity index (χ0n) is 15.5. The van der Waals surface area contributed by atoms with Crippen LogP contribution in [0.1, 0.15) is 28.0 Å². The lowest BCUT2D eigenvalue weighted by atomic mass is 10.0. The zero-order chi connectivity index (χ0) is 20.1. The van der Waals surface area contributed by atoms with Gasteiger partial charge >= 0.3 is 0 Å². The number of nitrogens with one attached hydrogen (secondary N) is 1. The number of benzene rings is 1. The first-order valence-electron chi connectivity index (χ1n) is 8.92. The van der Waals surface area contributed by atoms with E-state index in [1.54, 1.807) is 12.0 Å². The molecule has 1 aromatic heterocycles. The molecule has 0 bridgehead atoms. The molecule has 8 heteroatoms. The second-order valence-corrected chi connectivity index (χ2v) is 7.51. The number of methoxy groups -OCH3 is 1. The molecule has 146 valence electrons. The van der Waals surface area contributed by atoms with Gasteiger partial charge in [0.2, 0.25) is 11.8 Å². The van der Waals surface area contributed by atoms with Crippen molar-refractivity contribution in [1.29, 1.82) is 5.26 Å². The summed E-state index contributed by atoms with van der Waals surface area (Å²) in [5, 5.41) is 22.0. The fourth-order valence-electron chi connectivity index (χ4n) is 3.27. The summed E-state index contributed by atoms with van der Waals surface area (Å²) >= 11 is 1.32. The average molecular weight is 399 g/mol. The summed E-state index contributed by atoms with van der Waals surface area (Å²) in [7, 11) is 1.60. The van der Waals surface area contributed by atoms with Crippen LogP contribution in [0.2, 0.25) is 0 Å². The van der Waals surface area contributed by atoms with Gasteiger partial charge in [-0.1, -0.05) is 18.2 Å². The highest BCUT2D eigenvalue weighted by molar-refractivity contribution is 7.16. The monoisotopic (exact) mass is 399 g/mol. The van der Waals surface area contributed by atoms with Crippen LogP contribution < -0.4 is 10.1 Å². The lowest BCUT2D eigenvalue weighted by Crippen LogP contribution is -2.37. The molecule has 3 rings (SSSR count). The second-order valence-electron chi connectivity index (χ2n) is 6.40. The Morgan fingerprint density at radius 2 is 2.18 bits per heavy atom. The lowest BCUT2D eigenvalue weighted by molar-refractivity contribution is -0.135. The number of aliphatic hydroxyl groups excluding tert-OH is 1. The van der Waals surface area contributed by atoms with E-state index >= 15 is 0 Å². The molecule has 2 amide bonds. The Morgan fingerprint density at radius 3 is 2.89 bits per heavy atom. The van der Waals surface area contributed by atoms with Gasteiger partial charge in [0.05, 0.1) is 19.2 Å². The van der Waals surface area contributed by atoms with Crippen LogP contribution >= 0.6 is 11.3 Å². The first-order valence-corrected chi connectivity index (χ1v) is 9.74. The van der Waals surface area contributed by atoms with Gasteiger partial charge in [-0.15, -0.1) is 11.3 Å². The molecule has 2 N–H and O–H groups in total. The Morgan fingerprint density at radius 1 is 1.39 bits per heavy atom. The molecule has 0 spiro atoms. The van der Waals surface area contributed by atoms with Crippen molar-refractivity contribution < 1.29 is 19.4 Å². The zero-order valence-corrected chi connectivity index (χ0v) is 16.3. The van der Waals surface area contributed by atoms with Gasteiger partial charge in [-0.25, -0.2) is 0 Å². The number of carbonyl (C=O) groups excluding carboxylic acids is 2. The van der Waals surface area contributed by atoms with Crippen LogP contribution in [0.3, 0.4) is 0 Å². The molecular formula is C20H21N3O4S. The number of anilines is 1. The van der Waals surface area contributed by atoms with Crippen LogP contribution in [0, 0.1) is 11.3 Å². The highest BCUT2D eigenvalue weighted by Crippen LogP contribution is 2.36. The van der Waals surface area contributed by atoms with Crippen molar-refractivity contribution in [1.82, 2.24) is 4.90 Å². The number of ether oxygens (including phenoxy) is 1. The van der Waals surface area contributed by atoms with Gasteiger partial charge in [0.15, 0.2) is 0 Å². The number of aryl methyl sites for hydroxylation is 1. The highest BCUT2D eigenvalue weighted by Gasteiger charge is 2.27. The predicted octanol–water partition coefficient (Wildman–Crippen LogP) is 2.08. The summed E-state index contributed by atoms with van der Waals surface area (Å²) in [6.07, 6.45) is 1.34. The highest BCUT2D eigenvalue weighted by atomic mass is 32.1. The largest absolute Gasteiger partial charge is 0.496 e. The van der Waals surface area contributed by atoms with Gasteiger partial charge in [0.25, 0.3) is 0 Å². The van der Waals surface area contributed by atoms with Crippen molar-refractivity contribution in [2.24, 2.45) is 0 Å². The van der Waals surface area contributed by atoms with E-state index in [1.807, 2.05) is 24.3 Å². The number of hydrogen-bond acceptors (Lipinski definition) is 6. The molecule has 1 aliphatic rings. The van der Waals surface area contributed by atoms with Crippen molar-refractivity contribution in [3.8, 4) is 11.8 Å². The third-order valence-electron chi connectivity index (χ3n) is 4.72. The van der Waals surface area contributed by atoms with E-state index in [-0.39, 0.29) is 18.2 Å². The topological polar surface area (TPSA) is 103 Å². The molecule has 1 aromatic carbocycles. The normalized spacial score (nSPS) is 12.8. The van der Waals surface area contributed by atoms with Gasteiger partial charge < -0.3 is 20.1 Å². The summed E-state index contributed by atoms with van der Waals surface area (Å²) in [5.41, 5.74) is 2.31. The molecule has 28 heavy (non-hydrogen) atoms. The van der Waals surface area contributed by atoms with Crippen molar-refractivity contribution in [2.45, 2.75) is 25.8 Å². The Hall–Kier alpha value is -2.89. The van der Waals surface area contributed by atoms with Crippen molar-refractivity contribution in [3.63, 3.8) is 0 Å². The minimum absolute atomic E-state index is 0.177. The third-order valence-corrected chi connectivity index (χ3v) is 5.86. The molecule has 2 heterocycles. The van der Waals surface area contributed by atoms with E-state index < -0.39 is 6.61 Å². The Balaban J connectivity index is 1.69. The van der Waals surface area contributed by atoms with Crippen molar-refractivity contribution in [2.75, 3.05) is 25.6 Å². The summed E-state index contributed by atoms with van der Waals surface area (Å²) in [6.45, 7) is 0.280. The fourth-order valence-corrected chi connectivity index (χ4v) is 4.50. The minimum Gasteiger partial charge on any atom is -0.496 e. The van der Waals surface area contributed by atoms with E-state index in [0.717, 1.165) is 21.8 Å². The maximum Gasteiger partial charge on any atom is 0.248 e. The van der Waals surface area contributed by atoms with E-state index in [4.69, 9.17) is 9.84 Å². The fraction of sp³-hybridized carbons (Fsp3) is 0.350. The van der Waals surface area contributed by atoms with Crippen LogP contribution in [-0.2, 0) is 29.0 Å². The quantitative estimate of drug-likeness (QED) is 0.774. The van der Waals surface area contributed by atoms with Gasteiger partial charge in [-0.2, -0.15) is 5.26 Å². The van der Waals surface area contributed by atoms with Crippen molar-refractivity contribution >= 4 is 28.2 Å². The molecule has 0 atom stereocenters. The van der Waals surface area contributed by atoms with E-state index in [2.05, 4.69) is 11.4 Å². The number of amides is 2. The van der Waals surface area contributed by atoms with Crippen LogP contribution in [-0.4, -0.2) is 42.1 Å².